The molecule has 0 saturated carbocycles. The molecule has 6 aromatic rings. The predicted molar refractivity (Wildman–Crippen MR) is 178 cm³/mol. The lowest BCUT2D eigenvalue weighted by atomic mass is 10.0. The van der Waals surface area contributed by atoms with Gasteiger partial charge in [0.2, 0.25) is 5.91 Å². The molecule has 3 heterocycles. The summed E-state index contributed by atoms with van der Waals surface area (Å²) in [6.45, 7) is 3.61. The number of nitrogens with zero attached hydrogens (tertiary/aromatic N) is 5. The molecule has 1 fully saturated rings. The second-order valence-corrected chi connectivity index (χ2v) is 11.0. The fourth-order valence-corrected chi connectivity index (χ4v) is 5.66. The Kier molecular flexibility index (Phi) is 7.66. The molecule has 1 aliphatic heterocycles. The molecular weight excluding hydrogens is 544 g/mol. The highest BCUT2D eigenvalue weighted by atomic mass is 16.1. The van der Waals surface area contributed by atoms with Crippen molar-refractivity contribution in [3.63, 3.8) is 0 Å². The van der Waals surface area contributed by atoms with E-state index >= 15 is 0 Å². The molecule has 7 nitrogen and oxygen atoms in total. The van der Waals surface area contributed by atoms with Crippen molar-refractivity contribution >= 4 is 34.1 Å². The number of carbonyl (C=O) groups excluding carboxylic acids is 1. The summed E-state index contributed by atoms with van der Waals surface area (Å²) >= 11 is 0. The number of hydrogen-bond acceptors (Lipinski definition) is 6. The number of nitrogens with one attached hydrogen (secondary N) is 1. The number of hydrogen-bond donors (Lipinski definition) is 1. The van der Waals surface area contributed by atoms with E-state index in [1.807, 2.05) is 79.3 Å². The topological polar surface area (TPSA) is 74.2 Å². The third-order valence-corrected chi connectivity index (χ3v) is 8.09. The monoisotopic (exact) mass is 576 g/mol. The molecule has 0 bridgehead atoms. The fraction of sp³-hybridized carbons (Fsp3) is 0.135. The van der Waals surface area contributed by atoms with E-state index in [1.54, 1.807) is 0 Å². The highest BCUT2D eigenvalue weighted by Crippen LogP contribution is 2.27. The molecule has 7 rings (SSSR count). The highest BCUT2D eigenvalue weighted by Gasteiger charge is 2.19. The van der Waals surface area contributed by atoms with Gasteiger partial charge in [-0.15, -0.1) is 0 Å². The van der Waals surface area contributed by atoms with Gasteiger partial charge in [0.05, 0.1) is 23.7 Å². The molecule has 44 heavy (non-hydrogen) atoms. The second-order valence-electron chi connectivity index (χ2n) is 11.0. The van der Waals surface area contributed by atoms with Crippen molar-refractivity contribution < 1.29 is 4.79 Å². The van der Waals surface area contributed by atoms with Crippen molar-refractivity contribution in [3.05, 3.63) is 133 Å². The predicted octanol–water partition coefficient (Wildman–Crippen LogP) is 6.87. The van der Waals surface area contributed by atoms with E-state index in [0.29, 0.717) is 6.42 Å². The molecule has 1 saturated heterocycles. The summed E-state index contributed by atoms with van der Waals surface area (Å²) in [4.78, 5) is 31.2. The first kappa shape index (κ1) is 27.3. The molecule has 0 aliphatic carbocycles. The average molecular weight is 577 g/mol. The third kappa shape index (κ3) is 6.13. The van der Waals surface area contributed by atoms with Gasteiger partial charge in [0.1, 0.15) is 5.82 Å². The van der Waals surface area contributed by atoms with Crippen molar-refractivity contribution in [1.29, 1.82) is 0 Å². The van der Waals surface area contributed by atoms with Gasteiger partial charge in [0.15, 0.2) is 0 Å². The van der Waals surface area contributed by atoms with Crippen LogP contribution in [-0.4, -0.2) is 47.0 Å². The van der Waals surface area contributed by atoms with Crippen LogP contribution in [-0.2, 0) is 11.2 Å². The summed E-state index contributed by atoms with van der Waals surface area (Å²) in [7, 11) is 0. The summed E-state index contributed by atoms with van der Waals surface area (Å²) < 4.78 is 0. The normalized spacial score (nSPS) is 13.2. The molecule has 4 aromatic carbocycles. The minimum absolute atomic E-state index is 0.0414. The molecule has 1 aliphatic rings. The molecule has 0 spiro atoms. The molecule has 1 N–H and O–H groups in total. The second kappa shape index (κ2) is 12.4. The first-order chi connectivity index (χ1) is 21.7. The molecule has 2 aromatic heterocycles. The largest absolute Gasteiger partial charge is 0.368 e. The maximum absolute atomic E-state index is 12.8. The Hall–Kier alpha value is -5.56. The van der Waals surface area contributed by atoms with Gasteiger partial charge < -0.3 is 15.1 Å². The van der Waals surface area contributed by atoms with Crippen LogP contribution < -0.4 is 15.1 Å². The molecule has 216 valence electrons. The number of piperazine rings is 1. The number of carbonyl (C=O) groups is 1. The Labute approximate surface area is 256 Å². The number of pyridine rings is 1. The van der Waals surface area contributed by atoms with E-state index in [-0.39, 0.29) is 5.91 Å². The van der Waals surface area contributed by atoms with E-state index in [2.05, 4.69) is 68.6 Å². The Bertz CT molecular complexity index is 1870. The lowest BCUT2D eigenvalue weighted by molar-refractivity contribution is -0.115. The number of aromatic nitrogens is 3. The summed E-state index contributed by atoms with van der Waals surface area (Å²) in [5, 5.41) is 3.03. The van der Waals surface area contributed by atoms with Gasteiger partial charge in [0, 0.05) is 49.9 Å². The van der Waals surface area contributed by atoms with Gasteiger partial charge >= 0.3 is 0 Å². The zero-order valence-corrected chi connectivity index (χ0v) is 24.3. The van der Waals surface area contributed by atoms with Crippen molar-refractivity contribution in [3.8, 4) is 22.3 Å². The zero-order chi connectivity index (χ0) is 29.7. The maximum Gasteiger partial charge on any atom is 0.228 e. The zero-order valence-electron chi connectivity index (χ0n) is 24.3. The van der Waals surface area contributed by atoms with Crippen LogP contribution in [0.25, 0.3) is 33.3 Å². The van der Waals surface area contributed by atoms with Crippen LogP contribution in [0.3, 0.4) is 0 Å². The smallest absolute Gasteiger partial charge is 0.228 e. The molecule has 1 amide bonds. The lowest BCUT2D eigenvalue weighted by Crippen LogP contribution is -2.46. The van der Waals surface area contributed by atoms with Crippen LogP contribution >= 0.6 is 0 Å². The molecule has 0 radical (unpaired) electrons. The number of amides is 1. The number of anilines is 3. The standard InChI is InChI=1S/C37H32N6O/c44-37(24-27-6-8-29(9-7-27)28-4-2-1-3-5-28)40-32-13-10-30(11-14-32)31-12-15-34-35(25-31)41-36(26-39-34)43-22-20-42(21-23-43)33-16-18-38-19-17-33/h1-19,25-26H,20-24H2,(H,40,44). The summed E-state index contributed by atoms with van der Waals surface area (Å²) in [6, 6.07) is 36.6. The number of rotatable bonds is 7. The van der Waals surface area contributed by atoms with E-state index in [4.69, 9.17) is 9.97 Å². The van der Waals surface area contributed by atoms with Crippen LogP contribution in [0.15, 0.2) is 128 Å². The molecule has 0 atom stereocenters. The molecular formula is C37H32N6O. The van der Waals surface area contributed by atoms with Crippen molar-refractivity contribution in [1.82, 2.24) is 15.0 Å². The lowest BCUT2D eigenvalue weighted by Gasteiger charge is -2.36. The van der Waals surface area contributed by atoms with Gasteiger partial charge in [-0.3, -0.25) is 14.8 Å². The van der Waals surface area contributed by atoms with Gasteiger partial charge in [-0.1, -0.05) is 72.8 Å². The Morgan fingerprint density at radius 2 is 1.30 bits per heavy atom. The quantitative estimate of drug-likeness (QED) is 0.224. The molecule has 0 unspecified atom stereocenters. The van der Waals surface area contributed by atoms with Crippen LogP contribution in [0.4, 0.5) is 17.2 Å². The Balaban J connectivity index is 0.985. The van der Waals surface area contributed by atoms with Gasteiger partial charge in [0.25, 0.3) is 0 Å². The van der Waals surface area contributed by atoms with E-state index in [1.165, 1.54) is 11.3 Å². The summed E-state index contributed by atoms with van der Waals surface area (Å²) in [5.41, 5.74) is 9.11. The van der Waals surface area contributed by atoms with Crippen LogP contribution in [0.1, 0.15) is 5.56 Å². The number of fused-ring (bicyclic) bond motifs is 1. The van der Waals surface area contributed by atoms with Gasteiger partial charge in [-0.05, 0) is 64.2 Å². The highest BCUT2D eigenvalue weighted by molar-refractivity contribution is 5.92. The number of benzene rings is 4. The summed E-state index contributed by atoms with van der Waals surface area (Å²) in [6.07, 6.45) is 5.87. The van der Waals surface area contributed by atoms with Crippen molar-refractivity contribution in [2.24, 2.45) is 0 Å². The SMILES string of the molecule is O=C(Cc1ccc(-c2ccccc2)cc1)Nc1ccc(-c2ccc3ncc(N4CCN(c5ccncc5)CC4)nc3c2)cc1. The van der Waals surface area contributed by atoms with E-state index in [0.717, 1.165) is 71.0 Å². The van der Waals surface area contributed by atoms with Crippen molar-refractivity contribution in [2.75, 3.05) is 41.3 Å². The fourth-order valence-electron chi connectivity index (χ4n) is 5.66. The van der Waals surface area contributed by atoms with Gasteiger partial charge in [-0.2, -0.15) is 0 Å². The Morgan fingerprint density at radius 1 is 0.659 bits per heavy atom. The van der Waals surface area contributed by atoms with Crippen molar-refractivity contribution in [2.45, 2.75) is 6.42 Å². The van der Waals surface area contributed by atoms with E-state index in [9.17, 15) is 4.79 Å². The first-order valence-electron chi connectivity index (χ1n) is 14.9. The molecule has 7 heteroatoms. The summed E-state index contributed by atoms with van der Waals surface area (Å²) in [5.74, 6) is 0.858. The Morgan fingerprint density at radius 3 is 2.05 bits per heavy atom. The minimum Gasteiger partial charge on any atom is -0.368 e. The van der Waals surface area contributed by atoms with E-state index < -0.39 is 0 Å². The van der Waals surface area contributed by atoms with Crippen LogP contribution in [0.2, 0.25) is 0 Å². The average Bonchev–Trinajstić information content (AvgIpc) is 3.09. The minimum atomic E-state index is -0.0414. The van der Waals surface area contributed by atoms with Crippen LogP contribution in [0, 0.1) is 0 Å². The van der Waals surface area contributed by atoms with Crippen LogP contribution in [0.5, 0.6) is 0 Å². The maximum atomic E-state index is 12.8. The first-order valence-corrected chi connectivity index (χ1v) is 14.9. The third-order valence-electron chi connectivity index (χ3n) is 8.09. The van der Waals surface area contributed by atoms with Gasteiger partial charge in [-0.25, -0.2) is 4.98 Å².